The van der Waals surface area contributed by atoms with E-state index in [0.29, 0.717) is 17.7 Å². The quantitative estimate of drug-likeness (QED) is 0.730. The molecule has 0 aromatic heterocycles. The van der Waals surface area contributed by atoms with E-state index in [-0.39, 0.29) is 17.9 Å². The summed E-state index contributed by atoms with van der Waals surface area (Å²) in [5.74, 6) is -1.96. The molecule has 3 N–H and O–H groups in total. The molecule has 2 unspecified atom stereocenters. The second-order valence-corrected chi connectivity index (χ2v) is 4.91. The van der Waals surface area contributed by atoms with Crippen LogP contribution >= 0.6 is 0 Å². The van der Waals surface area contributed by atoms with Gasteiger partial charge in [0.15, 0.2) is 0 Å². The van der Waals surface area contributed by atoms with E-state index in [9.17, 15) is 14.4 Å². The lowest BCUT2D eigenvalue weighted by Gasteiger charge is -2.12. The second kappa shape index (κ2) is 6.21. The van der Waals surface area contributed by atoms with E-state index in [1.165, 1.54) is 6.92 Å². The molecule has 2 amide bonds. The summed E-state index contributed by atoms with van der Waals surface area (Å²) < 4.78 is 0. The van der Waals surface area contributed by atoms with Crippen molar-refractivity contribution in [3.8, 4) is 0 Å². The maximum atomic E-state index is 12.1. The summed E-state index contributed by atoms with van der Waals surface area (Å²) in [6.45, 7) is 1.39. The first kappa shape index (κ1) is 14.8. The Balaban J connectivity index is 2.00. The highest BCUT2D eigenvalue weighted by atomic mass is 16.4. The molecule has 0 saturated carbocycles. The number of carboxylic acid groups (broad SMARTS) is 1. The van der Waals surface area contributed by atoms with Gasteiger partial charge in [-0.25, -0.2) is 0 Å². The highest BCUT2D eigenvalue weighted by Gasteiger charge is 2.25. The number of carboxylic acids is 1. The number of hydrogen-bond donors (Lipinski definition) is 3. The van der Waals surface area contributed by atoms with Crippen molar-refractivity contribution in [3.63, 3.8) is 0 Å². The summed E-state index contributed by atoms with van der Waals surface area (Å²) in [5, 5.41) is 14.3. The molecule has 6 nitrogen and oxygen atoms in total. The van der Waals surface area contributed by atoms with Crippen LogP contribution in [0.5, 0.6) is 0 Å². The number of carbonyl (C=O) groups is 3. The van der Waals surface area contributed by atoms with E-state index < -0.39 is 11.9 Å². The number of rotatable bonds is 4. The fraction of sp³-hybridized carbons (Fsp3) is 0.267. The van der Waals surface area contributed by atoms with E-state index in [1.807, 2.05) is 0 Å². The molecule has 0 heterocycles. The van der Waals surface area contributed by atoms with Crippen molar-refractivity contribution in [1.29, 1.82) is 0 Å². The number of benzene rings is 1. The van der Waals surface area contributed by atoms with E-state index in [1.54, 1.807) is 36.4 Å². The first-order valence-electron chi connectivity index (χ1n) is 6.55. The van der Waals surface area contributed by atoms with Gasteiger partial charge in [0.05, 0.1) is 5.92 Å². The Kier molecular flexibility index (Phi) is 4.37. The van der Waals surface area contributed by atoms with Gasteiger partial charge in [-0.05, 0) is 24.6 Å². The first-order chi connectivity index (χ1) is 9.95. The zero-order valence-electron chi connectivity index (χ0n) is 11.5. The SMILES string of the molecule is CC(=O)Nc1cccc(C(=O)NC2C=CC(C(=O)O)C2)c1. The fourth-order valence-electron chi connectivity index (χ4n) is 2.18. The van der Waals surface area contributed by atoms with Gasteiger partial charge in [-0.1, -0.05) is 18.2 Å². The molecule has 0 spiro atoms. The zero-order valence-corrected chi connectivity index (χ0v) is 11.5. The van der Waals surface area contributed by atoms with Crippen LogP contribution in [0.3, 0.4) is 0 Å². The van der Waals surface area contributed by atoms with Crippen LogP contribution in [0.25, 0.3) is 0 Å². The summed E-state index contributed by atoms with van der Waals surface area (Å²) in [7, 11) is 0. The molecule has 1 aromatic carbocycles. The van der Waals surface area contributed by atoms with Crippen molar-refractivity contribution in [2.45, 2.75) is 19.4 Å². The highest BCUT2D eigenvalue weighted by Crippen LogP contribution is 2.19. The first-order valence-corrected chi connectivity index (χ1v) is 6.55. The Hall–Kier alpha value is -2.63. The predicted octanol–water partition coefficient (Wildman–Crippen LogP) is 1.40. The molecule has 6 heteroatoms. The van der Waals surface area contributed by atoms with Gasteiger partial charge in [-0.3, -0.25) is 14.4 Å². The normalized spacial score (nSPS) is 20.0. The number of nitrogens with one attached hydrogen (secondary N) is 2. The molecule has 1 aliphatic carbocycles. The lowest BCUT2D eigenvalue weighted by Crippen LogP contribution is -2.33. The molecule has 2 atom stereocenters. The van der Waals surface area contributed by atoms with Crippen LogP contribution in [-0.2, 0) is 9.59 Å². The van der Waals surface area contributed by atoms with Gasteiger partial charge in [0.1, 0.15) is 0 Å². The largest absolute Gasteiger partial charge is 0.481 e. The predicted molar refractivity (Wildman–Crippen MR) is 76.9 cm³/mol. The Morgan fingerprint density at radius 1 is 1.24 bits per heavy atom. The molecular formula is C15H16N2O4. The molecule has 21 heavy (non-hydrogen) atoms. The highest BCUT2D eigenvalue weighted by molar-refractivity contribution is 5.97. The van der Waals surface area contributed by atoms with Crippen LogP contribution in [0, 0.1) is 5.92 Å². The zero-order chi connectivity index (χ0) is 15.4. The molecule has 0 aliphatic heterocycles. The topological polar surface area (TPSA) is 95.5 Å². The Bertz CT molecular complexity index is 609. The number of aliphatic carboxylic acids is 1. The van der Waals surface area contributed by atoms with Crippen LogP contribution in [0.4, 0.5) is 5.69 Å². The maximum Gasteiger partial charge on any atom is 0.310 e. The van der Waals surface area contributed by atoms with Gasteiger partial charge in [0, 0.05) is 24.2 Å². The lowest BCUT2D eigenvalue weighted by molar-refractivity contribution is -0.140. The summed E-state index contributed by atoms with van der Waals surface area (Å²) in [6.07, 6.45) is 3.63. The van der Waals surface area contributed by atoms with Crippen LogP contribution in [-0.4, -0.2) is 28.9 Å². The van der Waals surface area contributed by atoms with E-state index in [0.717, 1.165) is 0 Å². The maximum absolute atomic E-state index is 12.1. The van der Waals surface area contributed by atoms with Crippen molar-refractivity contribution in [3.05, 3.63) is 42.0 Å². The van der Waals surface area contributed by atoms with Crippen LogP contribution in [0.15, 0.2) is 36.4 Å². The molecule has 0 saturated heterocycles. The minimum Gasteiger partial charge on any atom is -0.481 e. The number of anilines is 1. The van der Waals surface area contributed by atoms with Crippen LogP contribution < -0.4 is 10.6 Å². The summed E-state index contributed by atoms with van der Waals surface area (Å²) >= 11 is 0. The standard InChI is InChI=1S/C15H16N2O4/c1-9(18)16-12-4-2-3-10(7-12)14(19)17-13-6-5-11(8-13)15(20)21/h2-7,11,13H,8H2,1H3,(H,16,18)(H,17,19)(H,20,21). The monoisotopic (exact) mass is 288 g/mol. The lowest BCUT2D eigenvalue weighted by atomic mass is 10.1. The summed E-state index contributed by atoms with van der Waals surface area (Å²) in [4.78, 5) is 34.0. The smallest absolute Gasteiger partial charge is 0.310 e. The third-order valence-electron chi connectivity index (χ3n) is 3.16. The van der Waals surface area contributed by atoms with E-state index in [2.05, 4.69) is 10.6 Å². The van der Waals surface area contributed by atoms with Gasteiger partial charge in [-0.15, -0.1) is 0 Å². The molecule has 0 radical (unpaired) electrons. The molecule has 0 bridgehead atoms. The third-order valence-corrected chi connectivity index (χ3v) is 3.16. The summed E-state index contributed by atoms with van der Waals surface area (Å²) in [5.41, 5.74) is 0.953. The summed E-state index contributed by atoms with van der Waals surface area (Å²) in [6, 6.07) is 6.28. The van der Waals surface area contributed by atoms with Gasteiger partial charge in [0.2, 0.25) is 5.91 Å². The van der Waals surface area contributed by atoms with Gasteiger partial charge in [-0.2, -0.15) is 0 Å². The number of carbonyl (C=O) groups excluding carboxylic acids is 2. The Morgan fingerprint density at radius 3 is 2.62 bits per heavy atom. The number of hydrogen-bond acceptors (Lipinski definition) is 3. The molecule has 110 valence electrons. The van der Waals surface area contributed by atoms with Crippen molar-refractivity contribution in [1.82, 2.24) is 5.32 Å². The molecule has 1 aromatic rings. The average Bonchev–Trinajstić information content (AvgIpc) is 2.87. The van der Waals surface area contributed by atoms with Crippen molar-refractivity contribution >= 4 is 23.5 Å². The van der Waals surface area contributed by atoms with E-state index in [4.69, 9.17) is 5.11 Å². The van der Waals surface area contributed by atoms with Crippen molar-refractivity contribution in [2.75, 3.05) is 5.32 Å². The van der Waals surface area contributed by atoms with E-state index >= 15 is 0 Å². The molecule has 2 rings (SSSR count). The van der Waals surface area contributed by atoms with Crippen molar-refractivity contribution < 1.29 is 19.5 Å². The molecular weight excluding hydrogens is 272 g/mol. The minimum atomic E-state index is -0.893. The third kappa shape index (κ3) is 3.92. The molecule has 0 fully saturated rings. The molecule has 1 aliphatic rings. The van der Waals surface area contributed by atoms with Crippen LogP contribution in [0.1, 0.15) is 23.7 Å². The van der Waals surface area contributed by atoms with Gasteiger partial charge < -0.3 is 15.7 Å². The van der Waals surface area contributed by atoms with Gasteiger partial charge in [0.25, 0.3) is 5.91 Å². The van der Waals surface area contributed by atoms with Gasteiger partial charge >= 0.3 is 5.97 Å². The van der Waals surface area contributed by atoms with Crippen LogP contribution in [0.2, 0.25) is 0 Å². The van der Waals surface area contributed by atoms with Crippen molar-refractivity contribution in [2.24, 2.45) is 5.92 Å². The second-order valence-electron chi connectivity index (χ2n) is 4.91. The Labute approximate surface area is 121 Å². The number of amides is 2. The minimum absolute atomic E-state index is 0.212. The average molecular weight is 288 g/mol. The Morgan fingerprint density at radius 2 is 2.00 bits per heavy atom. The fourth-order valence-corrected chi connectivity index (χ4v) is 2.18.